The van der Waals surface area contributed by atoms with Gasteiger partial charge in [0.15, 0.2) is 0 Å². The van der Waals surface area contributed by atoms with E-state index >= 15 is 0 Å². The van der Waals surface area contributed by atoms with Gasteiger partial charge in [0, 0.05) is 0 Å². The summed E-state index contributed by atoms with van der Waals surface area (Å²) in [5.74, 6) is 1.88. The Hall–Kier alpha value is 0. The first-order valence-corrected chi connectivity index (χ1v) is 4.70. The minimum absolute atomic E-state index is 0.939. The zero-order valence-corrected chi connectivity index (χ0v) is 7.98. The molecule has 0 radical (unpaired) electrons. The molecule has 62 valence electrons. The second-order valence-corrected chi connectivity index (χ2v) is 3.60. The second kappa shape index (κ2) is 5.76. The molecule has 0 rings (SSSR count). The van der Waals surface area contributed by atoms with Crippen molar-refractivity contribution < 1.29 is 0 Å². The highest BCUT2D eigenvalue weighted by Crippen LogP contribution is 2.16. The molecule has 1 unspecified atom stereocenters. The molecule has 0 nitrogen and oxygen atoms in total. The lowest BCUT2D eigenvalue weighted by Crippen LogP contribution is -1.97. The lowest BCUT2D eigenvalue weighted by molar-refractivity contribution is 0.415. The standard InChI is InChI=1S/C10H22/c1-5-9(3)7-8-10(4)6-2/h9-10H,5-8H2,1-4H3/t9-,10?/m1/s1. The van der Waals surface area contributed by atoms with Crippen LogP contribution in [0, 0.1) is 11.8 Å². The van der Waals surface area contributed by atoms with Gasteiger partial charge in [0.05, 0.1) is 0 Å². The Bertz CT molecular complexity index is 56.4. The second-order valence-electron chi connectivity index (χ2n) is 3.60. The normalized spacial score (nSPS) is 16.8. The van der Waals surface area contributed by atoms with E-state index in [2.05, 4.69) is 27.7 Å². The Morgan fingerprint density at radius 1 is 0.800 bits per heavy atom. The van der Waals surface area contributed by atoms with Gasteiger partial charge in [-0.05, 0) is 11.8 Å². The molecule has 0 heterocycles. The van der Waals surface area contributed by atoms with E-state index in [9.17, 15) is 0 Å². The van der Waals surface area contributed by atoms with Crippen LogP contribution >= 0.6 is 0 Å². The van der Waals surface area contributed by atoms with Crippen molar-refractivity contribution in [3.05, 3.63) is 0 Å². The number of hydrogen-bond donors (Lipinski definition) is 0. The highest BCUT2D eigenvalue weighted by atomic mass is 14.1. The van der Waals surface area contributed by atoms with Crippen molar-refractivity contribution in [2.75, 3.05) is 0 Å². The van der Waals surface area contributed by atoms with E-state index in [4.69, 9.17) is 0 Å². The lowest BCUT2D eigenvalue weighted by atomic mass is 9.95. The summed E-state index contributed by atoms with van der Waals surface area (Å²) >= 11 is 0. The zero-order valence-electron chi connectivity index (χ0n) is 7.98. The topological polar surface area (TPSA) is 0 Å². The van der Waals surface area contributed by atoms with Crippen LogP contribution in [-0.4, -0.2) is 0 Å². The van der Waals surface area contributed by atoms with Crippen molar-refractivity contribution in [3.8, 4) is 0 Å². The van der Waals surface area contributed by atoms with Crippen molar-refractivity contribution in [1.82, 2.24) is 0 Å². The summed E-state index contributed by atoms with van der Waals surface area (Å²) < 4.78 is 0. The zero-order chi connectivity index (χ0) is 7.98. The summed E-state index contributed by atoms with van der Waals surface area (Å²) in [5.41, 5.74) is 0. The first-order chi connectivity index (χ1) is 4.70. The summed E-state index contributed by atoms with van der Waals surface area (Å²) in [6.07, 6.45) is 5.53. The van der Waals surface area contributed by atoms with Crippen LogP contribution in [0.1, 0.15) is 53.4 Å². The largest absolute Gasteiger partial charge is 0.0651 e. The van der Waals surface area contributed by atoms with Crippen LogP contribution in [0.25, 0.3) is 0 Å². The third-order valence-electron chi connectivity index (χ3n) is 2.55. The van der Waals surface area contributed by atoms with E-state index in [1.165, 1.54) is 25.7 Å². The molecule has 0 bridgehead atoms. The van der Waals surface area contributed by atoms with Gasteiger partial charge >= 0.3 is 0 Å². The van der Waals surface area contributed by atoms with E-state index < -0.39 is 0 Å². The third-order valence-corrected chi connectivity index (χ3v) is 2.55. The van der Waals surface area contributed by atoms with Crippen molar-refractivity contribution in [1.29, 1.82) is 0 Å². The Labute approximate surface area is 66.0 Å². The highest BCUT2D eigenvalue weighted by molar-refractivity contribution is 4.54. The average molecular weight is 142 g/mol. The lowest BCUT2D eigenvalue weighted by Gasteiger charge is -2.11. The van der Waals surface area contributed by atoms with Crippen molar-refractivity contribution in [2.24, 2.45) is 11.8 Å². The molecular formula is C10H22. The fourth-order valence-electron chi connectivity index (χ4n) is 0.977. The fraction of sp³-hybridized carbons (Fsp3) is 1.00. The van der Waals surface area contributed by atoms with Gasteiger partial charge in [-0.15, -0.1) is 0 Å². The smallest absolute Gasteiger partial charge is 0.0445 e. The Balaban J connectivity index is 3.17. The number of hydrogen-bond acceptors (Lipinski definition) is 0. The molecule has 0 N–H and O–H groups in total. The van der Waals surface area contributed by atoms with E-state index in [1.54, 1.807) is 0 Å². The van der Waals surface area contributed by atoms with Crippen LogP contribution in [0.5, 0.6) is 0 Å². The van der Waals surface area contributed by atoms with E-state index in [-0.39, 0.29) is 0 Å². The monoisotopic (exact) mass is 142 g/mol. The summed E-state index contributed by atoms with van der Waals surface area (Å²) in [6, 6.07) is 0. The maximum absolute atomic E-state index is 2.35. The first kappa shape index (κ1) is 10.0. The minimum Gasteiger partial charge on any atom is -0.0651 e. The van der Waals surface area contributed by atoms with Crippen LogP contribution in [0.4, 0.5) is 0 Å². The molecule has 0 aromatic carbocycles. The third kappa shape index (κ3) is 4.84. The van der Waals surface area contributed by atoms with E-state index in [0.29, 0.717) is 0 Å². The predicted molar refractivity (Wildman–Crippen MR) is 48.1 cm³/mol. The van der Waals surface area contributed by atoms with Crippen LogP contribution in [0.2, 0.25) is 0 Å². The average Bonchev–Trinajstić information content (AvgIpc) is 1.99. The Morgan fingerprint density at radius 2 is 1.10 bits per heavy atom. The summed E-state index contributed by atoms with van der Waals surface area (Å²) in [5, 5.41) is 0. The quantitative estimate of drug-likeness (QED) is 0.547. The molecule has 0 heteroatoms. The molecule has 0 amide bonds. The molecule has 0 aliphatic rings. The maximum Gasteiger partial charge on any atom is -0.0445 e. The molecule has 0 aromatic rings. The Morgan fingerprint density at radius 3 is 1.30 bits per heavy atom. The minimum atomic E-state index is 0.939. The van der Waals surface area contributed by atoms with Gasteiger partial charge in [-0.2, -0.15) is 0 Å². The van der Waals surface area contributed by atoms with Gasteiger partial charge in [0.1, 0.15) is 0 Å². The maximum atomic E-state index is 2.35. The van der Waals surface area contributed by atoms with Gasteiger partial charge in [0.2, 0.25) is 0 Å². The molecule has 0 aromatic heterocycles. The van der Waals surface area contributed by atoms with Gasteiger partial charge in [0.25, 0.3) is 0 Å². The van der Waals surface area contributed by atoms with Crippen molar-refractivity contribution in [2.45, 2.75) is 53.4 Å². The van der Waals surface area contributed by atoms with Crippen LogP contribution in [-0.2, 0) is 0 Å². The first-order valence-electron chi connectivity index (χ1n) is 4.70. The SMILES string of the molecule is CCC(C)CC[C@H](C)CC. The van der Waals surface area contributed by atoms with Crippen molar-refractivity contribution >= 4 is 0 Å². The summed E-state index contributed by atoms with van der Waals surface area (Å²) in [7, 11) is 0. The molecule has 10 heavy (non-hydrogen) atoms. The van der Waals surface area contributed by atoms with E-state index in [1.807, 2.05) is 0 Å². The van der Waals surface area contributed by atoms with Crippen LogP contribution in [0.15, 0.2) is 0 Å². The fourth-order valence-corrected chi connectivity index (χ4v) is 0.977. The van der Waals surface area contributed by atoms with Gasteiger partial charge in [-0.1, -0.05) is 53.4 Å². The molecule has 0 aliphatic carbocycles. The molecule has 2 atom stereocenters. The highest BCUT2D eigenvalue weighted by Gasteiger charge is 2.02. The van der Waals surface area contributed by atoms with Gasteiger partial charge in [-0.25, -0.2) is 0 Å². The van der Waals surface area contributed by atoms with Crippen LogP contribution < -0.4 is 0 Å². The van der Waals surface area contributed by atoms with Crippen LogP contribution in [0.3, 0.4) is 0 Å². The predicted octanol–water partition coefficient (Wildman–Crippen LogP) is 3.86. The molecule has 0 aliphatic heterocycles. The molecular weight excluding hydrogens is 120 g/mol. The molecule has 0 fully saturated rings. The summed E-state index contributed by atoms with van der Waals surface area (Å²) in [4.78, 5) is 0. The van der Waals surface area contributed by atoms with Gasteiger partial charge < -0.3 is 0 Å². The summed E-state index contributed by atoms with van der Waals surface area (Å²) in [6.45, 7) is 9.26. The van der Waals surface area contributed by atoms with Gasteiger partial charge in [-0.3, -0.25) is 0 Å². The molecule has 0 spiro atoms. The van der Waals surface area contributed by atoms with E-state index in [0.717, 1.165) is 11.8 Å². The molecule has 0 saturated heterocycles. The molecule has 0 saturated carbocycles. The number of rotatable bonds is 5. The van der Waals surface area contributed by atoms with Crippen molar-refractivity contribution in [3.63, 3.8) is 0 Å². The Kier molecular flexibility index (Phi) is 5.76.